The molecule has 1 heterocycles. The Labute approximate surface area is 82.2 Å². The van der Waals surface area contributed by atoms with Crippen molar-refractivity contribution in [2.24, 2.45) is 5.92 Å². The molecule has 1 aliphatic rings. The van der Waals surface area contributed by atoms with Crippen molar-refractivity contribution in [1.29, 1.82) is 0 Å². The Morgan fingerprint density at radius 3 is 2.23 bits per heavy atom. The molecule has 2 nitrogen and oxygen atoms in total. The number of hydrogen-bond acceptors (Lipinski definition) is 2. The van der Waals surface area contributed by atoms with E-state index in [0.29, 0.717) is 0 Å². The maximum atomic E-state index is 2.37. The van der Waals surface area contributed by atoms with Crippen molar-refractivity contribution < 1.29 is 0 Å². The van der Waals surface area contributed by atoms with Gasteiger partial charge in [0.2, 0.25) is 0 Å². The van der Waals surface area contributed by atoms with Gasteiger partial charge in [-0.3, -0.25) is 0 Å². The van der Waals surface area contributed by atoms with E-state index in [1.54, 1.807) is 0 Å². The largest absolute Gasteiger partial charge is 0.358 e. The van der Waals surface area contributed by atoms with Crippen LogP contribution in [0.4, 0.5) is 0 Å². The molecule has 0 radical (unpaired) electrons. The summed E-state index contributed by atoms with van der Waals surface area (Å²) in [6, 6.07) is 0. The van der Waals surface area contributed by atoms with Gasteiger partial charge in [0.1, 0.15) is 0 Å². The monoisotopic (exact) mass is 182 g/mol. The highest BCUT2D eigenvalue weighted by Crippen LogP contribution is 2.19. The summed E-state index contributed by atoms with van der Waals surface area (Å²) in [5.41, 5.74) is 0.252. The van der Waals surface area contributed by atoms with Crippen molar-refractivity contribution in [2.45, 2.75) is 40.2 Å². The maximum Gasteiger partial charge on any atom is 0.0898 e. The van der Waals surface area contributed by atoms with Crippen molar-refractivity contribution in [3.05, 3.63) is 12.4 Å². The SMILES string of the molecule is CC(C)CN1C=CN(C(C)(C)C)C1. The second kappa shape index (κ2) is 3.60. The highest BCUT2D eigenvalue weighted by Gasteiger charge is 2.23. The van der Waals surface area contributed by atoms with Crippen LogP contribution in [0.5, 0.6) is 0 Å². The summed E-state index contributed by atoms with van der Waals surface area (Å²) < 4.78 is 0. The lowest BCUT2D eigenvalue weighted by molar-refractivity contribution is 0.155. The van der Waals surface area contributed by atoms with Crippen LogP contribution in [0.25, 0.3) is 0 Å². The normalized spacial score (nSPS) is 17.7. The number of hydrogen-bond donors (Lipinski definition) is 0. The molecular formula is C11H22N2. The van der Waals surface area contributed by atoms with E-state index in [-0.39, 0.29) is 5.54 Å². The van der Waals surface area contributed by atoms with Gasteiger partial charge in [0.05, 0.1) is 6.67 Å². The molecular weight excluding hydrogens is 160 g/mol. The first kappa shape index (κ1) is 10.4. The third kappa shape index (κ3) is 2.94. The molecule has 0 saturated heterocycles. The summed E-state index contributed by atoms with van der Waals surface area (Å²) in [6.07, 6.45) is 4.40. The zero-order valence-corrected chi connectivity index (χ0v) is 9.54. The summed E-state index contributed by atoms with van der Waals surface area (Å²) in [5, 5.41) is 0. The Kier molecular flexibility index (Phi) is 2.89. The smallest absolute Gasteiger partial charge is 0.0898 e. The molecule has 0 fully saturated rings. The topological polar surface area (TPSA) is 6.48 Å². The fourth-order valence-corrected chi connectivity index (χ4v) is 1.49. The van der Waals surface area contributed by atoms with E-state index in [1.807, 2.05) is 0 Å². The molecule has 0 atom stereocenters. The Morgan fingerprint density at radius 2 is 1.85 bits per heavy atom. The summed E-state index contributed by atoms with van der Waals surface area (Å²) >= 11 is 0. The van der Waals surface area contributed by atoms with Crippen LogP contribution >= 0.6 is 0 Å². The van der Waals surface area contributed by atoms with Gasteiger partial charge in [-0.1, -0.05) is 13.8 Å². The zero-order valence-electron chi connectivity index (χ0n) is 9.54. The highest BCUT2D eigenvalue weighted by atomic mass is 15.4. The van der Waals surface area contributed by atoms with Gasteiger partial charge in [-0.2, -0.15) is 0 Å². The van der Waals surface area contributed by atoms with Crippen LogP contribution in [0.3, 0.4) is 0 Å². The molecule has 0 bridgehead atoms. The van der Waals surface area contributed by atoms with E-state index in [0.717, 1.165) is 19.1 Å². The van der Waals surface area contributed by atoms with E-state index in [1.165, 1.54) is 0 Å². The third-order valence-corrected chi connectivity index (χ3v) is 2.25. The quantitative estimate of drug-likeness (QED) is 0.647. The second-order valence-electron chi connectivity index (χ2n) is 5.25. The molecule has 1 aliphatic heterocycles. The van der Waals surface area contributed by atoms with Crippen LogP contribution in [0.1, 0.15) is 34.6 Å². The molecule has 0 spiro atoms. The van der Waals surface area contributed by atoms with E-state index >= 15 is 0 Å². The van der Waals surface area contributed by atoms with Crippen LogP contribution < -0.4 is 0 Å². The van der Waals surface area contributed by atoms with Crippen LogP contribution in [-0.2, 0) is 0 Å². The van der Waals surface area contributed by atoms with Gasteiger partial charge in [0.25, 0.3) is 0 Å². The highest BCUT2D eigenvalue weighted by molar-refractivity contribution is 4.96. The standard InChI is InChI=1S/C11H22N2/c1-10(2)8-12-6-7-13(9-12)11(3,4)5/h6-7,10H,8-9H2,1-5H3. The molecule has 1 rings (SSSR count). The van der Waals surface area contributed by atoms with Crippen molar-refractivity contribution in [1.82, 2.24) is 9.80 Å². The van der Waals surface area contributed by atoms with Gasteiger partial charge in [-0.15, -0.1) is 0 Å². The first-order chi connectivity index (χ1) is 5.89. The lowest BCUT2D eigenvalue weighted by atomic mass is 10.1. The van der Waals surface area contributed by atoms with E-state index in [9.17, 15) is 0 Å². The minimum atomic E-state index is 0.252. The summed E-state index contributed by atoms with van der Waals surface area (Å²) in [4.78, 5) is 4.74. The first-order valence-corrected chi connectivity index (χ1v) is 5.08. The summed E-state index contributed by atoms with van der Waals surface area (Å²) in [5.74, 6) is 0.740. The Hall–Kier alpha value is -0.660. The van der Waals surface area contributed by atoms with Gasteiger partial charge in [0, 0.05) is 24.5 Å². The fraction of sp³-hybridized carbons (Fsp3) is 0.818. The van der Waals surface area contributed by atoms with Gasteiger partial charge >= 0.3 is 0 Å². The molecule has 2 heteroatoms. The second-order valence-corrected chi connectivity index (χ2v) is 5.25. The van der Waals surface area contributed by atoms with Crippen molar-refractivity contribution in [3.63, 3.8) is 0 Å². The predicted octanol–water partition coefficient (Wildman–Crippen LogP) is 2.49. The lowest BCUT2D eigenvalue weighted by Gasteiger charge is -2.33. The molecule has 0 unspecified atom stereocenters. The molecule has 0 aromatic carbocycles. The zero-order chi connectivity index (χ0) is 10.1. The maximum absolute atomic E-state index is 2.37. The fourth-order valence-electron chi connectivity index (χ4n) is 1.49. The molecule has 0 aromatic rings. The summed E-state index contributed by atoms with van der Waals surface area (Å²) in [7, 11) is 0. The molecule has 76 valence electrons. The Bertz CT molecular complexity index is 189. The Balaban J connectivity index is 2.43. The average Bonchev–Trinajstić information content (AvgIpc) is 2.32. The predicted molar refractivity (Wildman–Crippen MR) is 57.1 cm³/mol. The number of nitrogens with zero attached hydrogens (tertiary/aromatic N) is 2. The summed E-state index contributed by atoms with van der Waals surface area (Å²) in [6.45, 7) is 13.5. The lowest BCUT2D eigenvalue weighted by Crippen LogP contribution is -2.39. The van der Waals surface area contributed by atoms with Gasteiger partial charge in [-0.25, -0.2) is 0 Å². The molecule has 0 saturated carbocycles. The van der Waals surface area contributed by atoms with Crippen LogP contribution in [0.2, 0.25) is 0 Å². The first-order valence-electron chi connectivity index (χ1n) is 5.08. The van der Waals surface area contributed by atoms with E-state index in [4.69, 9.17) is 0 Å². The molecule has 0 aromatic heterocycles. The Morgan fingerprint density at radius 1 is 1.23 bits per heavy atom. The van der Waals surface area contributed by atoms with Gasteiger partial charge in [0.15, 0.2) is 0 Å². The average molecular weight is 182 g/mol. The molecule has 0 N–H and O–H groups in total. The molecule has 13 heavy (non-hydrogen) atoms. The van der Waals surface area contributed by atoms with Gasteiger partial charge < -0.3 is 9.80 Å². The van der Waals surface area contributed by atoms with E-state index in [2.05, 4.69) is 56.8 Å². The number of rotatable bonds is 2. The van der Waals surface area contributed by atoms with Crippen LogP contribution in [0, 0.1) is 5.92 Å². The van der Waals surface area contributed by atoms with Gasteiger partial charge in [-0.05, 0) is 26.7 Å². The minimum Gasteiger partial charge on any atom is -0.358 e. The van der Waals surface area contributed by atoms with Crippen molar-refractivity contribution in [2.75, 3.05) is 13.2 Å². The minimum absolute atomic E-state index is 0.252. The van der Waals surface area contributed by atoms with E-state index < -0.39 is 0 Å². The van der Waals surface area contributed by atoms with Crippen molar-refractivity contribution in [3.8, 4) is 0 Å². The van der Waals surface area contributed by atoms with Crippen molar-refractivity contribution >= 4 is 0 Å². The molecule has 0 aliphatic carbocycles. The third-order valence-electron chi connectivity index (χ3n) is 2.25. The van der Waals surface area contributed by atoms with Crippen LogP contribution in [0.15, 0.2) is 12.4 Å². The van der Waals surface area contributed by atoms with Crippen LogP contribution in [-0.4, -0.2) is 28.6 Å². The molecule has 0 amide bonds.